The van der Waals surface area contributed by atoms with Crippen molar-refractivity contribution >= 4 is 52.1 Å². The first-order valence-corrected chi connectivity index (χ1v) is 8.02. The number of ether oxygens (including phenoxy) is 1. The molecule has 0 radical (unpaired) electrons. The largest absolute Gasteiger partial charge is 0.356 e. The number of benzene rings is 2. The molecule has 2 aromatic carbocycles. The molecule has 2 N–H and O–H groups in total. The van der Waals surface area contributed by atoms with Crippen molar-refractivity contribution in [3.63, 3.8) is 0 Å². The van der Waals surface area contributed by atoms with Crippen molar-refractivity contribution in [1.29, 1.82) is 0 Å². The number of carbonyl (C=O) groups excluding carboxylic acids is 1. The topological polar surface area (TPSA) is 50.4 Å². The van der Waals surface area contributed by atoms with E-state index in [2.05, 4.69) is 10.6 Å². The zero-order valence-electron chi connectivity index (χ0n) is 11.8. The predicted octanol–water partition coefficient (Wildman–Crippen LogP) is 4.50. The Morgan fingerprint density at radius 3 is 2.39 bits per heavy atom. The summed E-state index contributed by atoms with van der Waals surface area (Å²) in [4.78, 5) is 12.6. The first-order valence-electron chi connectivity index (χ1n) is 6.89. The second-order valence-electron chi connectivity index (χ2n) is 5.02. The molecule has 0 saturated heterocycles. The monoisotopic (exact) mass is 370 g/mol. The molecule has 0 aromatic heterocycles. The fraction of sp³-hybridized carbons (Fsp3) is 0.188. The first kappa shape index (κ1) is 16.4. The maximum Gasteiger partial charge on any atom is 0.258 e. The molecule has 2 atom stereocenters. The van der Waals surface area contributed by atoms with Crippen LogP contribution in [-0.4, -0.2) is 15.9 Å². The number of anilines is 2. The van der Waals surface area contributed by atoms with E-state index < -0.39 is 16.1 Å². The Morgan fingerprint density at radius 2 is 1.70 bits per heavy atom. The van der Waals surface area contributed by atoms with E-state index in [9.17, 15) is 4.79 Å². The van der Waals surface area contributed by atoms with Crippen LogP contribution in [0, 0.1) is 0 Å². The number of amides is 1. The van der Waals surface area contributed by atoms with Crippen LogP contribution in [0.2, 0.25) is 0 Å². The van der Waals surface area contributed by atoms with Crippen LogP contribution in [-0.2, 0) is 9.53 Å². The number of para-hydroxylation sites is 2. The van der Waals surface area contributed by atoms with Crippen LogP contribution in [0.4, 0.5) is 11.4 Å². The van der Waals surface area contributed by atoms with Gasteiger partial charge in [-0.25, -0.2) is 0 Å². The van der Waals surface area contributed by atoms with E-state index in [0.717, 1.165) is 0 Å². The Morgan fingerprint density at radius 1 is 1.04 bits per heavy atom. The van der Waals surface area contributed by atoms with Gasteiger partial charge in [0, 0.05) is 16.9 Å². The third-order valence-corrected chi connectivity index (χ3v) is 3.97. The molecule has 120 valence electrons. The Balaban J connectivity index is 1.89. The minimum absolute atomic E-state index is 0.329. The molecule has 1 aliphatic rings. The highest BCUT2D eigenvalue weighted by atomic mass is 35.6. The van der Waals surface area contributed by atoms with Gasteiger partial charge < -0.3 is 15.4 Å². The number of nitrogens with one attached hydrogen (secondary N) is 2. The smallest absolute Gasteiger partial charge is 0.258 e. The summed E-state index contributed by atoms with van der Waals surface area (Å²) in [5.74, 6) is -0.329. The van der Waals surface area contributed by atoms with Crippen molar-refractivity contribution in [1.82, 2.24) is 0 Å². The highest BCUT2D eigenvalue weighted by Gasteiger charge is 2.42. The van der Waals surface area contributed by atoms with Crippen molar-refractivity contribution in [3.05, 3.63) is 60.2 Å². The van der Waals surface area contributed by atoms with Crippen molar-refractivity contribution in [3.8, 4) is 0 Å². The maximum atomic E-state index is 12.6. The molecule has 2 aromatic rings. The predicted molar refractivity (Wildman–Crippen MR) is 93.0 cm³/mol. The van der Waals surface area contributed by atoms with Crippen LogP contribution in [0.5, 0.6) is 0 Å². The quantitative estimate of drug-likeness (QED) is 0.764. The number of rotatable bonds is 2. The van der Waals surface area contributed by atoms with Crippen molar-refractivity contribution < 1.29 is 9.53 Å². The van der Waals surface area contributed by atoms with Crippen LogP contribution in [0.1, 0.15) is 11.7 Å². The van der Waals surface area contributed by atoms with Crippen LogP contribution in [0.3, 0.4) is 0 Å². The molecule has 1 heterocycles. The molecular formula is C16H13Cl3N2O2. The number of alkyl halides is 3. The minimum Gasteiger partial charge on any atom is -0.356 e. The van der Waals surface area contributed by atoms with Gasteiger partial charge in [-0.2, -0.15) is 0 Å². The van der Waals surface area contributed by atoms with E-state index in [1.165, 1.54) is 0 Å². The summed E-state index contributed by atoms with van der Waals surface area (Å²) in [6.45, 7) is 0. The molecule has 0 bridgehead atoms. The van der Waals surface area contributed by atoms with E-state index in [4.69, 9.17) is 39.5 Å². The molecule has 7 heteroatoms. The fourth-order valence-corrected chi connectivity index (χ4v) is 2.65. The number of hydrogen-bond donors (Lipinski definition) is 2. The second kappa shape index (κ2) is 6.57. The lowest BCUT2D eigenvalue weighted by atomic mass is 10.0. The van der Waals surface area contributed by atoms with Gasteiger partial charge in [-0.15, -0.1) is 0 Å². The average Bonchev–Trinajstić information content (AvgIpc) is 2.54. The van der Waals surface area contributed by atoms with Gasteiger partial charge in [0.2, 0.25) is 3.79 Å². The Kier molecular flexibility index (Phi) is 4.69. The molecule has 23 heavy (non-hydrogen) atoms. The van der Waals surface area contributed by atoms with E-state index in [-0.39, 0.29) is 5.91 Å². The van der Waals surface area contributed by atoms with Gasteiger partial charge >= 0.3 is 0 Å². The Hall–Kier alpha value is -1.46. The van der Waals surface area contributed by atoms with E-state index in [1.807, 2.05) is 36.4 Å². The number of fused-ring (bicyclic) bond motifs is 1. The summed E-state index contributed by atoms with van der Waals surface area (Å²) in [5, 5.41) is 5.79. The van der Waals surface area contributed by atoms with Gasteiger partial charge in [-0.3, -0.25) is 4.79 Å². The number of carbonyl (C=O) groups is 1. The number of halogens is 3. The van der Waals surface area contributed by atoms with Gasteiger partial charge in [0.1, 0.15) is 0 Å². The standard InChI is InChI=1S/C16H13Cl3N2O2/c17-16(18,19)15-21-12-9-5-4-8-11(12)13(23-15)14(22)20-10-6-2-1-3-7-10/h1-9,13,15,21H,(H,20,22). The van der Waals surface area contributed by atoms with Gasteiger partial charge in [0.25, 0.3) is 5.91 Å². The van der Waals surface area contributed by atoms with Gasteiger partial charge in [-0.05, 0) is 18.2 Å². The van der Waals surface area contributed by atoms with E-state index in [1.54, 1.807) is 18.2 Å². The lowest BCUT2D eigenvalue weighted by Gasteiger charge is -2.36. The molecule has 1 aliphatic heterocycles. The highest BCUT2D eigenvalue weighted by molar-refractivity contribution is 6.68. The third-order valence-electron chi connectivity index (χ3n) is 3.38. The summed E-state index contributed by atoms with van der Waals surface area (Å²) < 4.78 is 3.98. The lowest BCUT2D eigenvalue weighted by molar-refractivity contribution is -0.131. The normalized spacial score (nSPS) is 20.3. The summed E-state index contributed by atoms with van der Waals surface area (Å²) in [6.07, 6.45) is -1.82. The van der Waals surface area contributed by atoms with Crippen molar-refractivity contribution in [2.24, 2.45) is 0 Å². The Bertz CT molecular complexity index is 704. The summed E-state index contributed by atoms with van der Waals surface area (Å²) in [6, 6.07) is 16.4. The second-order valence-corrected chi connectivity index (χ2v) is 7.39. The zero-order chi connectivity index (χ0) is 16.4. The zero-order valence-corrected chi connectivity index (χ0v) is 14.1. The lowest BCUT2D eigenvalue weighted by Crippen LogP contribution is -2.43. The molecule has 0 saturated carbocycles. The van der Waals surface area contributed by atoms with Gasteiger partial charge in [0.15, 0.2) is 12.3 Å². The molecular weight excluding hydrogens is 359 g/mol. The molecule has 0 fully saturated rings. The van der Waals surface area contributed by atoms with Crippen molar-refractivity contribution in [2.75, 3.05) is 10.6 Å². The fourth-order valence-electron chi connectivity index (χ4n) is 2.33. The van der Waals surface area contributed by atoms with E-state index in [0.29, 0.717) is 16.9 Å². The molecule has 0 spiro atoms. The van der Waals surface area contributed by atoms with Crippen molar-refractivity contribution in [2.45, 2.75) is 16.1 Å². The minimum atomic E-state index is -1.71. The summed E-state index contributed by atoms with van der Waals surface area (Å²) in [5.41, 5.74) is 2.05. The maximum absolute atomic E-state index is 12.6. The van der Waals surface area contributed by atoms with E-state index >= 15 is 0 Å². The molecule has 4 nitrogen and oxygen atoms in total. The van der Waals surface area contributed by atoms with Gasteiger partial charge in [-0.1, -0.05) is 71.2 Å². The van der Waals surface area contributed by atoms with Crippen LogP contribution in [0.15, 0.2) is 54.6 Å². The van der Waals surface area contributed by atoms with Crippen LogP contribution >= 0.6 is 34.8 Å². The third kappa shape index (κ3) is 3.72. The highest BCUT2D eigenvalue weighted by Crippen LogP contribution is 2.41. The summed E-state index contributed by atoms with van der Waals surface area (Å²) >= 11 is 17.8. The number of hydrogen-bond acceptors (Lipinski definition) is 3. The van der Waals surface area contributed by atoms with Crippen LogP contribution in [0.25, 0.3) is 0 Å². The van der Waals surface area contributed by atoms with Crippen LogP contribution < -0.4 is 10.6 Å². The molecule has 0 aliphatic carbocycles. The molecule has 2 unspecified atom stereocenters. The first-order chi connectivity index (χ1) is 10.9. The molecule has 1 amide bonds. The summed E-state index contributed by atoms with van der Waals surface area (Å²) in [7, 11) is 0. The Labute approximate surface area is 148 Å². The SMILES string of the molecule is O=C(Nc1ccccc1)C1OC(C(Cl)(Cl)Cl)Nc2ccccc21. The van der Waals surface area contributed by atoms with Gasteiger partial charge in [0.05, 0.1) is 0 Å². The molecule has 3 rings (SSSR count). The average molecular weight is 372 g/mol.